The van der Waals surface area contributed by atoms with E-state index in [0.29, 0.717) is 6.42 Å². The van der Waals surface area contributed by atoms with E-state index in [2.05, 4.69) is 0 Å². The predicted molar refractivity (Wildman–Crippen MR) is 78.3 cm³/mol. The molecule has 4 heteroatoms. The van der Waals surface area contributed by atoms with Crippen LogP contribution in [0, 0.1) is 5.82 Å². The molecule has 1 unspecified atom stereocenters. The van der Waals surface area contributed by atoms with Gasteiger partial charge in [0.1, 0.15) is 11.4 Å². The molecule has 0 aliphatic rings. The zero-order chi connectivity index (χ0) is 14.1. The highest BCUT2D eigenvalue weighted by atomic mass is 35.5. The van der Waals surface area contributed by atoms with Crippen molar-refractivity contribution in [2.45, 2.75) is 12.5 Å². The molecular weight excluding hydrogens is 277 g/mol. The average Bonchev–Trinajstić information content (AvgIpc) is 2.87. The number of para-hydroxylation sites is 1. The van der Waals surface area contributed by atoms with Crippen molar-refractivity contribution in [3.8, 4) is 0 Å². The Morgan fingerprint density at radius 3 is 2.80 bits per heavy atom. The molecule has 0 saturated carbocycles. The second-order valence-electron chi connectivity index (χ2n) is 4.75. The van der Waals surface area contributed by atoms with Crippen molar-refractivity contribution in [3.63, 3.8) is 0 Å². The molecular formula is C16H13ClFNO. The predicted octanol–water partition coefficient (Wildman–Crippen LogP) is 4.47. The first-order valence-electron chi connectivity index (χ1n) is 6.31. The third kappa shape index (κ3) is 2.42. The Balaban J connectivity index is 1.89. The van der Waals surface area contributed by atoms with Gasteiger partial charge in [-0.25, -0.2) is 4.39 Å². The number of halogens is 2. The fourth-order valence-corrected chi connectivity index (χ4v) is 2.52. The summed E-state index contributed by atoms with van der Waals surface area (Å²) in [5.41, 5.74) is 8.89. The standard InChI is InChI=1S/C16H13ClFNO/c17-13-7-10(5-6-14(13)18)8-15(19)12-9-20-16-4-2-1-3-11(12)16/h1-7,9,15H,8,19H2. The van der Waals surface area contributed by atoms with E-state index in [-0.39, 0.29) is 11.1 Å². The lowest BCUT2D eigenvalue weighted by Crippen LogP contribution is -2.12. The number of nitrogens with two attached hydrogens (primary N) is 1. The van der Waals surface area contributed by atoms with Gasteiger partial charge in [-0.05, 0) is 30.2 Å². The molecule has 20 heavy (non-hydrogen) atoms. The minimum atomic E-state index is -0.419. The molecule has 0 saturated heterocycles. The topological polar surface area (TPSA) is 39.2 Å². The summed E-state index contributed by atoms with van der Waals surface area (Å²) in [6.07, 6.45) is 2.25. The van der Waals surface area contributed by atoms with Crippen molar-refractivity contribution in [1.29, 1.82) is 0 Å². The Morgan fingerprint density at radius 1 is 1.20 bits per heavy atom. The van der Waals surface area contributed by atoms with Crippen LogP contribution in [0.2, 0.25) is 5.02 Å². The van der Waals surface area contributed by atoms with Crippen LogP contribution >= 0.6 is 11.6 Å². The van der Waals surface area contributed by atoms with Gasteiger partial charge in [-0.1, -0.05) is 35.9 Å². The molecule has 2 N–H and O–H groups in total. The molecule has 2 nitrogen and oxygen atoms in total. The van der Waals surface area contributed by atoms with Crippen LogP contribution in [0.15, 0.2) is 53.1 Å². The molecule has 0 radical (unpaired) electrons. The van der Waals surface area contributed by atoms with Crippen molar-refractivity contribution < 1.29 is 8.81 Å². The molecule has 1 aromatic heterocycles. The Labute approximate surface area is 121 Å². The smallest absolute Gasteiger partial charge is 0.141 e. The zero-order valence-corrected chi connectivity index (χ0v) is 11.4. The second-order valence-corrected chi connectivity index (χ2v) is 5.15. The first-order chi connectivity index (χ1) is 9.65. The largest absolute Gasteiger partial charge is 0.464 e. The molecule has 3 rings (SSSR count). The third-order valence-corrected chi connectivity index (χ3v) is 3.64. The van der Waals surface area contributed by atoms with Crippen molar-refractivity contribution in [2.24, 2.45) is 5.73 Å². The van der Waals surface area contributed by atoms with Gasteiger partial charge in [-0.3, -0.25) is 0 Å². The molecule has 102 valence electrons. The Bertz CT molecular complexity index is 753. The van der Waals surface area contributed by atoms with Crippen LogP contribution in [0.5, 0.6) is 0 Å². The van der Waals surface area contributed by atoms with Crippen LogP contribution in [0.1, 0.15) is 17.2 Å². The number of hydrogen-bond donors (Lipinski definition) is 1. The van der Waals surface area contributed by atoms with E-state index < -0.39 is 5.82 Å². The van der Waals surface area contributed by atoms with Crippen molar-refractivity contribution >= 4 is 22.6 Å². The van der Waals surface area contributed by atoms with Crippen molar-refractivity contribution in [2.75, 3.05) is 0 Å². The highest BCUT2D eigenvalue weighted by Crippen LogP contribution is 2.27. The summed E-state index contributed by atoms with van der Waals surface area (Å²) in [6.45, 7) is 0. The summed E-state index contributed by atoms with van der Waals surface area (Å²) in [5, 5.41) is 1.12. The molecule has 2 aromatic carbocycles. The number of rotatable bonds is 3. The average molecular weight is 290 g/mol. The van der Waals surface area contributed by atoms with Crippen LogP contribution < -0.4 is 5.73 Å². The second kappa shape index (κ2) is 5.27. The molecule has 0 bridgehead atoms. The number of benzene rings is 2. The van der Waals surface area contributed by atoms with E-state index in [1.807, 2.05) is 24.3 Å². The molecule has 0 aliphatic carbocycles. The van der Waals surface area contributed by atoms with E-state index in [1.54, 1.807) is 18.4 Å². The van der Waals surface area contributed by atoms with E-state index >= 15 is 0 Å². The fraction of sp³-hybridized carbons (Fsp3) is 0.125. The quantitative estimate of drug-likeness (QED) is 0.773. The monoisotopic (exact) mass is 289 g/mol. The first kappa shape index (κ1) is 13.2. The molecule has 1 heterocycles. The summed E-state index contributed by atoms with van der Waals surface area (Å²) < 4.78 is 18.6. The molecule has 0 fully saturated rings. The highest BCUT2D eigenvalue weighted by molar-refractivity contribution is 6.30. The number of hydrogen-bond acceptors (Lipinski definition) is 2. The van der Waals surface area contributed by atoms with Gasteiger partial charge >= 0.3 is 0 Å². The van der Waals surface area contributed by atoms with E-state index in [0.717, 1.165) is 22.1 Å². The van der Waals surface area contributed by atoms with Gasteiger partial charge < -0.3 is 10.2 Å². The van der Waals surface area contributed by atoms with Crippen LogP contribution in [0.3, 0.4) is 0 Å². The lowest BCUT2D eigenvalue weighted by atomic mass is 9.99. The van der Waals surface area contributed by atoms with Gasteiger partial charge in [0.05, 0.1) is 11.3 Å². The van der Waals surface area contributed by atoms with Gasteiger partial charge in [0.15, 0.2) is 0 Å². The van der Waals surface area contributed by atoms with Gasteiger partial charge in [0, 0.05) is 17.0 Å². The summed E-state index contributed by atoms with van der Waals surface area (Å²) in [6, 6.07) is 12.2. The zero-order valence-electron chi connectivity index (χ0n) is 10.6. The van der Waals surface area contributed by atoms with Crippen LogP contribution in [0.25, 0.3) is 11.0 Å². The Kier molecular flexibility index (Phi) is 3.47. The Morgan fingerprint density at radius 2 is 2.00 bits per heavy atom. The molecule has 0 aliphatic heterocycles. The van der Waals surface area contributed by atoms with Crippen LogP contribution in [0.4, 0.5) is 4.39 Å². The van der Waals surface area contributed by atoms with E-state index in [1.165, 1.54) is 6.07 Å². The van der Waals surface area contributed by atoms with E-state index in [9.17, 15) is 4.39 Å². The molecule has 0 amide bonds. The number of furan rings is 1. The first-order valence-corrected chi connectivity index (χ1v) is 6.68. The molecule has 1 atom stereocenters. The SMILES string of the molecule is NC(Cc1ccc(F)c(Cl)c1)c1coc2ccccc12. The van der Waals surface area contributed by atoms with Gasteiger partial charge in [-0.2, -0.15) is 0 Å². The van der Waals surface area contributed by atoms with Gasteiger partial charge in [0.25, 0.3) is 0 Å². The van der Waals surface area contributed by atoms with Crippen molar-refractivity contribution in [3.05, 3.63) is 70.7 Å². The number of fused-ring (bicyclic) bond motifs is 1. The summed E-state index contributed by atoms with van der Waals surface area (Å²) in [4.78, 5) is 0. The maximum absolute atomic E-state index is 13.1. The van der Waals surface area contributed by atoms with Crippen LogP contribution in [-0.4, -0.2) is 0 Å². The van der Waals surface area contributed by atoms with Crippen LogP contribution in [-0.2, 0) is 6.42 Å². The van der Waals surface area contributed by atoms with Gasteiger partial charge in [-0.15, -0.1) is 0 Å². The maximum Gasteiger partial charge on any atom is 0.141 e. The lowest BCUT2D eigenvalue weighted by molar-refractivity contribution is 0.598. The minimum absolute atomic E-state index is 0.117. The van der Waals surface area contributed by atoms with Crippen molar-refractivity contribution in [1.82, 2.24) is 0 Å². The fourth-order valence-electron chi connectivity index (χ4n) is 2.32. The van der Waals surface area contributed by atoms with E-state index in [4.69, 9.17) is 21.8 Å². The summed E-state index contributed by atoms with van der Waals surface area (Å²) in [5.74, 6) is -0.419. The lowest BCUT2D eigenvalue weighted by Gasteiger charge is -2.10. The highest BCUT2D eigenvalue weighted by Gasteiger charge is 2.14. The molecule has 0 spiro atoms. The minimum Gasteiger partial charge on any atom is -0.464 e. The summed E-state index contributed by atoms with van der Waals surface area (Å²) in [7, 11) is 0. The summed E-state index contributed by atoms with van der Waals surface area (Å²) >= 11 is 5.78. The third-order valence-electron chi connectivity index (χ3n) is 3.35. The normalized spacial score (nSPS) is 12.8. The van der Waals surface area contributed by atoms with Gasteiger partial charge in [0.2, 0.25) is 0 Å². The Hall–Kier alpha value is -1.84. The molecule has 3 aromatic rings. The maximum atomic E-state index is 13.1.